The lowest BCUT2D eigenvalue weighted by atomic mass is 9.97. The molecule has 6 heterocycles. The number of nitrogens with two attached hydrogens (primary N) is 2. The maximum absolute atomic E-state index is 15.3. The maximum Gasteiger partial charge on any atom is 0.413 e. The van der Waals surface area contributed by atoms with Gasteiger partial charge >= 0.3 is 12.2 Å². The molecule has 372 valence electrons. The number of nitrogens with zero attached hydrogens (tertiary/aromatic N) is 4. The molecule has 10 N–H and O–H groups in total. The van der Waals surface area contributed by atoms with Crippen LogP contribution < -0.4 is 42.2 Å². The highest BCUT2D eigenvalue weighted by Gasteiger charge is 2.36. The summed E-state index contributed by atoms with van der Waals surface area (Å²) in [5.74, 6) is 0.331. The van der Waals surface area contributed by atoms with Crippen LogP contribution in [0.25, 0.3) is 43.8 Å². The van der Waals surface area contributed by atoms with E-state index in [2.05, 4.69) is 41.2 Å². The Hall–Kier alpha value is -6.74. The number of nitrogen functional groups attached to an aromatic ring is 2. The average Bonchev–Trinajstić information content (AvgIpc) is 3.84. The first-order valence-corrected chi connectivity index (χ1v) is 22.3. The van der Waals surface area contributed by atoms with Crippen LogP contribution in [-0.4, -0.2) is 92.0 Å². The number of benzene rings is 2. The van der Waals surface area contributed by atoms with Crippen molar-refractivity contribution >= 4 is 92.9 Å². The van der Waals surface area contributed by atoms with E-state index < -0.39 is 35.0 Å². The number of anilines is 6. The summed E-state index contributed by atoms with van der Waals surface area (Å²) in [6.07, 6.45) is 7.05. The molecular weight excluding hydrogens is 953 g/mol. The number of rotatable bonds is 6. The number of ether oxygens (including phenoxy) is 4. The third-order valence-electron chi connectivity index (χ3n) is 12.8. The second-order valence-electron chi connectivity index (χ2n) is 18.2. The quantitative estimate of drug-likeness (QED) is 0.0725. The molecule has 0 bridgehead atoms. The van der Waals surface area contributed by atoms with Crippen LogP contribution in [0, 0.1) is 25.5 Å². The van der Waals surface area contributed by atoms with Gasteiger partial charge in [0.05, 0.1) is 22.6 Å². The Bertz CT molecular complexity index is 2800. The molecule has 4 atom stereocenters. The fraction of sp³-hybridized carbons (Fsp3) is 0.375. The number of pyridine rings is 4. The normalized spacial score (nSPS) is 20.9. The summed E-state index contributed by atoms with van der Waals surface area (Å²) >= 11 is 0. The number of nitrogens with one attached hydrogen (secondary N) is 4. The summed E-state index contributed by atoms with van der Waals surface area (Å²) in [7, 11) is 0. The van der Waals surface area contributed by atoms with Gasteiger partial charge < -0.3 is 51.3 Å². The van der Waals surface area contributed by atoms with Crippen LogP contribution in [0.2, 0.25) is 0 Å². The van der Waals surface area contributed by atoms with Gasteiger partial charge in [-0.1, -0.05) is 0 Å². The lowest BCUT2D eigenvalue weighted by Gasteiger charge is -2.22. The molecule has 2 aliphatic carbocycles. The van der Waals surface area contributed by atoms with E-state index >= 15 is 8.78 Å². The van der Waals surface area contributed by atoms with Gasteiger partial charge in [0.2, 0.25) is 11.8 Å². The minimum atomic E-state index is -0.824. The minimum absolute atomic E-state index is 0. The van der Waals surface area contributed by atoms with Crippen molar-refractivity contribution in [3.05, 3.63) is 71.8 Å². The summed E-state index contributed by atoms with van der Waals surface area (Å²) in [5.41, 5.74) is 15.3. The van der Waals surface area contributed by atoms with E-state index in [1.807, 2.05) is 13.8 Å². The van der Waals surface area contributed by atoms with Crippen molar-refractivity contribution in [1.82, 2.24) is 19.9 Å². The van der Waals surface area contributed by atoms with Crippen molar-refractivity contribution in [3.8, 4) is 34.0 Å². The third-order valence-corrected chi connectivity index (χ3v) is 12.8. The molecule has 2 amide bonds. The average molecular weight is 1010 g/mol. The number of amides is 2. The van der Waals surface area contributed by atoms with Crippen molar-refractivity contribution < 1.29 is 47.5 Å². The van der Waals surface area contributed by atoms with Gasteiger partial charge in [-0.2, -0.15) is 0 Å². The van der Waals surface area contributed by atoms with Gasteiger partial charge in [0.1, 0.15) is 48.4 Å². The zero-order valence-electron chi connectivity index (χ0n) is 38.7. The zero-order valence-corrected chi connectivity index (χ0v) is 40.3. The van der Waals surface area contributed by atoms with Gasteiger partial charge in [-0.25, -0.2) is 38.3 Å². The van der Waals surface area contributed by atoms with E-state index in [-0.39, 0.29) is 71.2 Å². The van der Waals surface area contributed by atoms with Crippen LogP contribution in [0.1, 0.15) is 63.5 Å². The molecule has 0 spiro atoms. The summed E-state index contributed by atoms with van der Waals surface area (Å²) in [4.78, 5) is 41.7. The molecule has 2 aliphatic heterocycles. The highest BCUT2D eigenvalue weighted by molar-refractivity contribution is 6.01. The Morgan fingerprint density at radius 3 is 1.44 bits per heavy atom. The first-order chi connectivity index (χ1) is 32.4. The Balaban J connectivity index is 0.000000201. The molecule has 0 saturated heterocycles. The Kier molecular flexibility index (Phi) is 14.8. The molecule has 2 fully saturated rings. The fourth-order valence-electron chi connectivity index (χ4n) is 9.21. The molecular formula is C48H54Cl2F2N10O8. The highest BCUT2D eigenvalue weighted by atomic mass is 35.5. The Labute approximate surface area is 413 Å². The van der Waals surface area contributed by atoms with E-state index in [0.717, 1.165) is 22.5 Å². The van der Waals surface area contributed by atoms with Crippen molar-refractivity contribution in [2.24, 2.45) is 0 Å². The molecule has 6 aromatic rings. The first kappa shape index (κ1) is 51.1. The van der Waals surface area contributed by atoms with E-state index in [1.54, 1.807) is 50.5 Å². The van der Waals surface area contributed by atoms with Gasteiger partial charge in [0.15, 0.2) is 11.6 Å². The van der Waals surface area contributed by atoms with E-state index in [9.17, 15) is 19.8 Å². The van der Waals surface area contributed by atoms with Crippen molar-refractivity contribution in [3.63, 3.8) is 0 Å². The van der Waals surface area contributed by atoms with Crippen LogP contribution in [0.5, 0.6) is 11.8 Å². The SMILES string of the molecule is Cc1c(-c2cc3cc(NC(=O)O[C@@H]4CC[C@](C)(O)C4)ncc3c(N)c2F)cnc2c1NCCO2.Cc1c(-c2cc3cc(NC(=O)O[C@H]4CC[C@@](C)(O)C4)ncc3c(N)c2F)cnc2c1NCCO2.Cl.Cl. The molecule has 4 aliphatic rings. The van der Waals surface area contributed by atoms with E-state index in [0.29, 0.717) is 109 Å². The molecule has 10 rings (SSSR count). The molecule has 0 unspecified atom stereocenters. The van der Waals surface area contributed by atoms with Crippen LogP contribution >= 0.6 is 24.8 Å². The molecule has 18 nitrogen and oxygen atoms in total. The number of aliphatic hydroxyl groups is 2. The van der Waals surface area contributed by atoms with E-state index in [4.69, 9.17) is 30.4 Å². The number of carbonyl (C=O) groups is 2. The van der Waals surface area contributed by atoms with E-state index in [1.165, 1.54) is 12.4 Å². The van der Waals surface area contributed by atoms with Crippen LogP contribution in [-0.2, 0) is 9.47 Å². The lowest BCUT2D eigenvalue weighted by molar-refractivity contribution is 0.0441. The highest BCUT2D eigenvalue weighted by Crippen LogP contribution is 2.42. The van der Waals surface area contributed by atoms with Gasteiger partial charge in [0.25, 0.3) is 0 Å². The fourth-order valence-corrected chi connectivity index (χ4v) is 9.21. The molecule has 2 aromatic carbocycles. The van der Waals surface area contributed by atoms with Gasteiger partial charge in [-0.3, -0.25) is 10.6 Å². The number of hydrogen-bond donors (Lipinski definition) is 8. The Morgan fingerprint density at radius 2 is 1.07 bits per heavy atom. The molecule has 2 saturated carbocycles. The van der Waals surface area contributed by atoms with Crippen molar-refractivity contribution in [1.29, 1.82) is 0 Å². The van der Waals surface area contributed by atoms with Crippen LogP contribution in [0.15, 0.2) is 49.1 Å². The zero-order chi connectivity index (χ0) is 48.1. The molecule has 4 aromatic heterocycles. The molecule has 0 radical (unpaired) electrons. The van der Waals surface area contributed by atoms with Gasteiger partial charge in [-0.05, 0) is 99.5 Å². The predicted octanol–water partition coefficient (Wildman–Crippen LogP) is 8.81. The number of carbonyl (C=O) groups excluding carboxylic acids is 2. The number of halogens is 4. The third kappa shape index (κ3) is 10.5. The second-order valence-corrected chi connectivity index (χ2v) is 18.2. The smallest absolute Gasteiger partial charge is 0.413 e. The number of aromatic nitrogens is 4. The van der Waals surface area contributed by atoms with Gasteiger partial charge in [-0.15, -0.1) is 24.8 Å². The predicted molar refractivity (Wildman–Crippen MR) is 267 cm³/mol. The number of fused-ring (bicyclic) bond motifs is 4. The number of hydrogen-bond acceptors (Lipinski definition) is 16. The van der Waals surface area contributed by atoms with Crippen LogP contribution in [0.4, 0.5) is 52.8 Å². The largest absolute Gasteiger partial charge is 0.474 e. The second kappa shape index (κ2) is 20.3. The topological polar surface area (TPSA) is 263 Å². The summed E-state index contributed by atoms with van der Waals surface area (Å²) in [6.45, 7) is 9.49. The molecule has 70 heavy (non-hydrogen) atoms. The summed E-state index contributed by atoms with van der Waals surface area (Å²) in [5, 5.41) is 33.9. The van der Waals surface area contributed by atoms with Crippen molar-refractivity contribution in [2.45, 2.75) is 89.6 Å². The maximum atomic E-state index is 15.3. The molecule has 22 heteroatoms. The van der Waals surface area contributed by atoms with Crippen LogP contribution in [0.3, 0.4) is 0 Å². The Morgan fingerprint density at radius 1 is 0.671 bits per heavy atom. The lowest BCUT2D eigenvalue weighted by Crippen LogP contribution is -2.24. The monoisotopic (exact) mass is 1010 g/mol. The van der Waals surface area contributed by atoms with Gasteiger partial charge in [0, 0.05) is 83.7 Å². The summed E-state index contributed by atoms with van der Waals surface area (Å²) in [6, 6.07) is 6.55. The standard InChI is InChI=1S/2C24H26FN5O4.2ClH/c2*1-12-16(10-29-22-21(12)27-5-6-33-22)15-7-13-8-18(28-11-17(13)20(26)19(15)25)30-23(31)34-14-3-4-24(2,32)9-14;;/h2*7-8,10-11,14,27,32H,3-6,9,26H2,1-2H3,(H,28,30,31);2*1H/t2*14-,24+;;/m10../s1. The first-order valence-electron chi connectivity index (χ1n) is 22.3. The minimum Gasteiger partial charge on any atom is -0.474 e. The van der Waals surface area contributed by atoms with Crippen molar-refractivity contribution in [2.75, 3.05) is 59.0 Å². The summed E-state index contributed by atoms with van der Waals surface area (Å²) < 4.78 is 52.5.